The number of hydrogen-bond donors (Lipinski definition) is 1. The SMILES string of the molecule is Cc1cn(CCOCCOCCOCCOCCN)nn1. The van der Waals surface area contributed by atoms with Crippen LogP contribution in [-0.2, 0) is 25.5 Å². The van der Waals surface area contributed by atoms with Gasteiger partial charge in [-0.3, -0.25) is 0 Å². The standard InChI is InChI=1S/C13H26N4O4/c1-13-12-17(16-15-13)3-5-19-7-9-21-11-10-20-8-6-18-4-2-14/h12H,2-11,14H2,1H3. The maximum atomic E-state index is 5.43. The smallest absolute Gasteiger partial charge is 0.0796 e. The second kappa shape index (κ2) is 12.7. The Labute approximate surface area is 125 Å². The van der Waals surface area contributed by atoms with Crippen molar-refractivity contribution in [1.29, 1.82) is 0 Å². The zero-order valence-corrected chi connectivity index (χ0v) is 12.7. The molecule has 0 aliphatic rings. The summed E-state index contributed by atoms with van der Waals surface area (Å²) in [6.45, 7) is 7.70. The van der Waals surface area contributed by atoms with E-state index >= 15 is 0 Å². The average Bonchev–Trinajstić information content (AvgIpc) is 2.89. The zero-order valence-electron chi connectivity index (χ0n) is 12.7. The highest BCUT2D eigenvalue weighted by Gasteiger charge is 1.96. The van der Waals surface area contributed by atoms with Gasteiger partial charge in [-0.05, 0) is 6.92 Å². The van der Waals surface area contributed by atoms with Gasteiger partial charge >= 0.3 is 0 Å². The highest BCUT2D eigenvalue weighted by atomic mass is 16.6. The summed E-state index contributed by atoms with van der Waals surface area (Å²) >= 11 is 0. The van der Waals surface area contributed by atoms with E-state index in [1.54, 1.807) is 4.68 Å². The molecule has 0 aliphatic carbocycles. The van der Waals surface area contributed by atoms with Crippen LogP contribution < -0.4 is 5.73 Å². The van der Waals surface area contributed by atoms with E-state index in [0.717, 1.165) is 5.69 Å². The summed E-state index contributed by atoms with van der Waals surface area (Å²) in [4.78, 5) is 0. The van der Waals surface area contributed by atoms with Gasteiger partial charge in [0.15, 0.2) is 0 Å². The first-order chi connectivity index (χ1) is 10.3. The van der Waals surface area contributed by atoms with Crippen LogP contribution >= 0.6 is 0 Å². The Morgan fingerprint density at radius 2 is 1.43 bits per heavy atom. The van der Waals surface area contributed by atoms with Crippen LogP contribution in [0.15, 0.2) is 6.20 Å². The molecular formula is C13H26N4O4. The summed E-state index contributed by atoms with van der Waals surface area (Å²) in [6.07, 6.45) is 1.88. The van der Waals surface area contributed by atoms with E-state index in [1.807, 2.05) is 13.1 Å². The highest BCUT2D eigenvalue weighted by molar-refractivity contribution is 4.86. The van der Waals surface area contributed by atoms with Crippen LogP contribution in [0.4, 0.5) is 0 Å². The molecule has 0 fully saturated rings. The minimum Gasteiger partial charge on any atom is -0.378 e. The zero-order chi connectivity index (χ0) is 15.2. The number of rotatable bonds is 14. The van der Waals surface area contributed by atoms with Gasteiger partial charge in [0.05, 0.1) is 65.1 Å². The third-order valence-corrected chi connectivity index (χ3v) is 2.50. The second-order valence-electron chi connectivity index (χ2n) is 4.36. The van der Waals surface area contributed by atoms with Crippen molar-refractivity contribution in [2.24, 2.45) is 5.73 Å². The molecule has 1 aromatic rings. The fourth-order valence-corrected chi connectivity index (χ4v) is 1.51. The lowest BCUT2D eigenvalue weighted by molar-refractivity contribution is -0.00200. The van der Waals surface area contributed by atoms with Crippen molar-refractivity contribution in [3.8, 4) is 0 Å². The van der Waals surface area contributed by atoms with Crippen LogP contribution in [0.3, 0.4) is 0 Å². The van der Waals surface area contributed by atoms with E-state index < -0.39 is 0 Å². The molecule has 0 atom stereocenters. The molecule has 8 heteroatoms. The van der Waals surface area contributed by atoms with E-state index in [2.05, 4.69) is 10.3 Å². The average molecular weight is 302 g/mol. The molecule has 1 heterocycles. The van der Waals surface area contributed by atoms with Gasteiger partial charge in [0, 0.05) is 12.7 Å². The second-order valence-corrected chi connectivity index (χ2v) is 4.36. The van der Waals surface area contributed by atoms with Crippen LogP contribution in [-0.4, -0.2) is 74.4 Å². The summed E-state index contributed by atoms with van der Waals surface area (Å²) < 4.78 is 23.1. The fourth-order valence-electron chi connectivity index (χ4n) is 1.51. The van der Waals surface area contributed by atoms with Crippen molar-refractivity contribution >= 4 is 0 Å². The first-order valence-corrected chi connectivity index (χ1v) is 7.20. The van der Waals surface area contributed by atoms with Gasteiger partial charge in [-0.2, -0.15) is 0 Å². The molecule has 2 N–H and O–H groups in total. The van der Waals surface area contributed by atoms with Gasteiger partial charge in [0.25, 0.3) is 0 Å². The van der Waals surface area contributed by atoms with E-state index in [9.17, 15) is 0 Å². The lowest BCUT2D eigenvalue weighted by Gasteiger charge is -2.07. The normalized spacial score (nSPS) is 11.1. The number of ether oxygens (including phenoxy) is 4. The van der Waals surface area contributed by atoms with Crippen molar-refractivity contribution in [3.05, 3.63) is 11.9 Å². The predicted octanol–water partition coefficient (Wildman–Crippen LogP) is -0.388. The summed E-state index contributed by atoms with van der Waals surface area (Å²) in [5, 5.41) is 7.83. The van der Waals surface area contributed by atoms with Gasteiger partial charge in [0.2, 0.25) is 0 Å². The molecule has 0 aliphatic heterocycles. The summed E-state index contributed by atoms with van der Waals surface area (Å²) in [6, 6.07) is 0. The molecule has 1 aromatic heterocycles. The molecule has 1 rings (SSSR count). The largest absolute Gasteiger partial charge is 0.378 e. The molecule has 0 radical (unpaired) electrons. The molecule has 0 bridgehead atoms. The van der Waals surface area contributed by atoms with Gasteiger partial charge in [-0.1, -0.05) is 5.21 Å². The van der Waals surface area contributed by atoms with Crippen molar-refractivity contribution in [2.45, 2.75) is 13.5 Å². The number of aromatic nitrogens is 3. The Hall–Kier alpha value is -1.06. The van der Waals surface area contributed by atoms with Crippen molar-refractivity contribution in [1.82, 2.24) is 15.0 Å². The lowest BCUT2D eigenvalue weighted by atomic mass is 10.5. The van der Waals surface area contributed by atoms with Gasteiger partial charge in [0.1, 0.15) is 0 Å². The number of nitrogens with zero attached hydrogens (tertiary/aromatic N) is 3. The number of aryl methyl sites for hydroxylation is 1. The Balaban J connectivity index is 1.74. The Morgan fingerprint density at radius 3 is 1.90 bits per heavy atom. The molecule has 0 aromatic carbocycles. The molecular weight excluding hydrogens is 276 g/mol. The van der Waals surface area contributed by atoms with Crippen LogP contribution in [0.2, 0.25) is 0 Å². The van der Waals surface area contributed by atoms with Gasteiger partial charge in [-0.15, -0.1) is 5.10 Å². The van der Waals surface area contributed by atoms with E-state index in [4.69, 9.17) is 24.7 Å². The third kappa shape index (κ3) is 10.3. The Bertz CT molecular complexity index is 349. The van der Waals surface area contributed by atoms with Gasteiger partial charge in [-0.25, -0.2) is 4.68 Å². The van der Waals surface area contributed by atoms with Gasteiger partial charge < -0.3 is 24.7 Å². The summed E-state index contributed by atoms with van der Waals surface area (Å²) in [5.41, 5.74) is 6.20. The molecule has 8 nitrogen and oxygen atoms in total. The van der Waals surface area contributed by atoms with Crippen LogP contribution in [0.5, 0.6) is 0 Å². The van der Waals surface area contributed by atoms with E-state index in [0.29, 0.717) is 65.9 Å². The first-order valence-electron chi connectivity index (χ1n) is 7.20. The topological polar surface area (TPSA) is 93.7 Å². The van der Waals surface area contributed by atoms with E-state index in [-0.39, 0.29) is 0 Å². The molecule has 0 spiro atoms. The Morgan fingerprint density at radius 1 is 0.905 bits per heavy atom. The Kier molecular flexibility index (Phi) is 10.8. The molecule has 21 heavy (non-hydrogen) atoms. The monoisotopic (exact) mass is 302 g/mol. The van der Waals surface area contributed by atoms with Crippen molar-refractivity contribution < 1.29 is 18.9 Å². The first kappa shape index (κ1) is 18.0. The molecule has 0 saturated carbocycles. The summed E-state index contributed by atoms with van der Waals surface area (Å²) in [5.74, 6) is 0. The van der Waals surface area contributed by atoms with Crippen LogP contribution in [0.25, 0.3) is 0 Å². The number of nitrogens with two attached hydrogens (primary N) is 1. The minimum atomic E-state index is 0.541. The quantitative estimate of drug-likeness (QED) is 0.468. The lowest BCUT2D eigenvalue weighted by Crippen LogP contribution is -2.15. The molecule has 0 unspecified atom stereocenters. The minimum absolute atomic E-state index is 0.541. The molecule has 0 saturated heterocycles. The molecule has 0 amide bonds. The summed E-state index contributed by atoms with van der Waals surface area (Å²) in [7, 11) is 0. The predicted molar refractivity (Wildman–Crippen MR) is 77.1 cm³/mol. The van der Waals surface area contributed by atoms with Crippen LogP contribution in [0.1, 0.15) is 5.69 Å². The highest BCUT2D eigenvalue weighted by Crippen LogP contribution is 1.89. The molecule has 122 valence electrons. The third-order valence-electron chi connectivity index (χ3n) is 2.50. The van der Waals surface area contributed by atoms with E-state index in [1.165, 1.54) is 0 Å². The maximum absolute atomic E-state index is 5.43. The van der Waals surface area contributed by atoms with Crippen molar-refractivity contribution in [3.63, 3.8) is 0 Å². The number of hydrogen-bond acceptors (Lipinski definition) is 7. The fraction of sp³-hybridized carbons (Fsp3) is 0.846. The maximum Gasteiger partial charge on any atom is 0.0796 e. The van der Waals surface area contributed by atoms with Crippen molar-refractivity contribution in [2.75, 3.05) is 59.4 Å². The van der Waals surface area contributed by atoms with Crippen LogP contribution in [0, 0.1) is 6.92 Å².